The number of nitrogens with one attached hydrogen (secondary N) is 1. The molecule has 0 unspecified atom stereocenters. The third kappa shape index (κ3) is 4.83. The Labute approximate surface area is 239 Å². The molecule has 6 aromatic rings. The fourth-order valence-corrected chi connectivity index (χ4v) is 5.56. The number of nitrogens with zero attached hydrogens (tertiary/aromatic N) is 3. The van der Waals surface area contributed by atoms with Gasteiger partial charge in [0.1, 0.15) is 18.0 Å². The quantitative estimate of drug-likeness (QED) is 0.151. The number of rotatable bonds is 9. The van der Waals surface area contributed by atoms with Crippen molar-refractivity contribution in [3.63, 3.8) is 0 Å². The molecule has 0 spiro atoms. The Morgan fingerprint density at radius 3 is 1.90 bits per heavy atom. The minimum absolute atomic E-state index is 0.00528. The highest BCUT2D eigenvalue weighted by atomic mass is 16.5. The summed E-state index contributed by atoms with van der Waals surface area (Å²) in [6.07, 6.45) is 1.75. The first kappa shape index (κ1) is 26.3. The summed E-state index contributed by atoms with van der Waals surface area (Å²) in [5, 5.41) is 19.0. The van der Waals surface area contributed by atoms with Crippen LogP contribution in [-0.4, -0.2) is 32.7 Å². The molecule has 0 aliphatic carbocycles. The summed E-state index contributed by atoms with van der Waals surface area (Å²) in [4.78, 5) is 4.43. The molecule has 0 aliphatic heterocycles. The highest BCUT2D eigenvalue weighted by molar-refractivity contribution is 5.96. The van der Waals surface area contributed by atoms with Gasteiger partial charge >= 0.3 is 0 Å². The molecule has 0 bridgehead atoms. The van der Waals surface area contributed by atoms with E-state index in [1.165, 1.54) is 0 Å². The van der Waals surface area contributed by atoms with Crippen LogP contribution < -0.4 is 10.1 Å². The lowest BCUT2D eigenvalue weighted by Crippen LogP contribution is -2.38. The predicted octanol–water partition coefficient (Wildman–Crippen LogP) is 7.09. The molecule has 41 heavy (non-hydrogen) atoms. The molecule has 0 saturated carbocycles. The highest BCUT2D eigenvalue weighted by Gasteiger charge is 2.41. The van der Waals surface area contributed by atoms with Crippen molar-refractivity contribution in [3.05, 3.63) is 144 Å². The molecule has 0 aliphatic rings. The minimum atomic E-state index is -0.781. The van der Waals surface area contributed by atoms with Crippen molar-refractivity contribution in [1.29, 1.82) is 0 Å². The highest BCUT2D eigenvalue weighted by Crippen LogP contribution is 2.44. The number of aromatic nitrogens is 3. The van der Waals surface area contributed by atoms with Gasteiger partial charge in [-0.1, -0.05) is 91.0 Å². The van der Waals surface area contributed by atoms with Gasteiger partial charge in [-0.25, -0.2) is 9.67 Å². The van der Waals surface area contributed by atoms with Crippen molar-refractivity contribution >= 4 is 16.6 Å². The Morgan fingerprint density at radius 2 is 1.37 bits per heavy atom. The second kappa shape index (κ2) is 11.3. The molecule has 0 saturated heterocycles. The molecule has 6 nitrogen and oxygen atoms in total. The first-order chi connectivity index (χ1) is 20.1. The molecule has 204 valence electrons. The van der Waals surface area contributed by atoms with E-state index in [0.29, 0.717) is 5.88 Å². The van der Waals surface area contributed by atoms with Gasteiger partial charge in [0, 0.05) is 28.9 Å². The topological polar surface area (TPSA) is 72.2 Å². The first-order valence-corrected chi connectivity index (χ1v) is 13.8. The van der Waals surface area contributed by atoms with Gasteiger partial charge in [-0.05, 0) is 54.8 Å². The van der Waals surface area contributed by atoms with Crippen LogP contribution in [0.1, 0.15) is 30.5 Å². The lowest BCUT2D eigenvalue weighted by Gasteiger charge is -2.37. The summed E-state index contributed by atoms with van der Waals surface area (Å²) in [5.41, 5.74) is 5.92. The van der Waals surface area contributed by atoms with E-state index in [2.05, 4.69) is 93.8 Å². The van der Waals surface area contributed by atoms with Crippen molar-refractivity contribution in [1.82, 2.24) is 14.8 Å². The Kier molecular flexibility index (Phi) is 7.23. The number of hydrogen-bond acceptors (Lipinski definition) is 5. The number of hydrogen-bond donors (Lipinski definition) is 2. The molecule has 2 aromatic heterocycles. The Balaban J connectivity index is 1.73. The van der Waals surface area contributed by atoms with E-state index in [9.17, 15) is 5.11 Å². The third-order valence-electron chi connectivity index (χ3n) is 7.22. The summed E-state index contributed by atoms with van der Waals surface area (Å²) in [7, 11) is 0. The van der Waals surface area contributed by atoms with Gasteiger partial charge in [-0.2, -0.15) is 5.10 Å². The largest absolute Gasteiger partial charge is 0.475 e. The molecule has 0 atom stereocenters. The molecule has 6 heteroatoms. The van der Waals surface area contributed by atoms with Crippen molar-refractivity contribution < 1.29 is 9.84 Å². The van der Waals surface area contributed by atoms with Gasteiger partial charge < -0.3 is 15.2 Å². The van der Waals surface area contributed by atoms with E-state index >= 15 is 0 Å². The number of aliphatic hydroxyl groups is 1. The van der Waals surface area contributed by atoms with Crippen LogP contribution in [-0.2, 0) is 5.54 Å². The van der Waals surface area contributed by atoms with Gasteiger partial charge in [0.2, 0.25) is 5.88 Å². The maximum Gasteiger partial charge on any atom is 0.214 e. The average Bonchev–Trinajstić information content (AvgIpc) is 3.38. The maximum absolute atomic E-state index is 9.62. The van der Waals surface area contributed by atoms with E-state index in [1.54, 1.807) is 6.20 Å². The summed E-state index contributed by atoms with van der Waals surface area (Å²) < 4.78 is 8.08. The molecule has 4 aromatic carbocycles. The second-order valence-corrected chi connectivity index (χ2v) is 10.2. The SMILES string of the molecule is CC(C)Oc1cc(-c2nn(C(c3ccccc3)(c3ccccc3)c3ccccc3)c3ccc(NCO)cc23)ccn1. The number of pyridine rings is 1. The van der Waals surface area contributed by atoms with Gasteiger partial charge in [-0.3, -0.25) is 0 Å². The van der Waals surface area contributed by atoms with Gasteiger partial charge in [0.25, 0.3) is 0 Å². The van der Waals surface area contributed by atoms with Crippen LogP contribution >= 0.6 is 0 Å². The van der Waals surface area contributed by atoms with Crippen molar-refractivity contribution in [3.8, 4) is 17.1 Å². The minimum Gasteiger partial charge on any atom is -0.475 e. The summed E-state index contributed by atoms with van der Waals surface area (Å²) >= 11 is 0. The van der Waals surface area contributed by atoms with Crippen molar-refractivity contribution in [2.45, 2.75) is 25.5 Å². The summed E-state index contributed by atoms with van der Waals surface area (Å²) in [5.74, 6) is 0.547. The van der Waals surface area contributed by atoms with Crippen LogP contribution in [0.5, 0.6) is 5.88 Å². The van der Waals surface area contributed by atoms with E-state index in [0.717, 1.165) is 44.5 Å². The van der Waals surface area contributed by atoms with Crippen LogP contribution in [0.4, 0.5) is 5.69 Å². The molecular formula is C35H32N4O2. The van der Waals surface area contributed by atoms with Crippen LogP contribution in [0.15, 0.2) is 128 Å². The smallest absolute Gasteiger partial charge is 0.214 e. The first-order valence-electron chi connectivity index (χ1n) is 13.8. The molecular weight excluding hydrogens is 508 g/mol. The molecule has 6 rings (SSSR count). The molecule has 2 heterocycles. The lowest BCUT2D eigenvalue weighted by atomic mass is 9.77. The number of ether oxygens (including phenoxy) is 1. The molecule has 0 amide bonds. The van der Waals surface area contributed by atoms with Gasteiger partial charge in [0.15, 0.2) is 0 Å². The number of anilines is 1. The molecule has 0 fully saturated rings. The maximum atomic E-state index is 9.62. The number of aliphatic hydroxyl groups excluding tert-OH is 1. The van der Waals surface area contributed by atoms with Crippen molar-refractivity contribution in [2.75, 3.05) is 12.0 Å². The van der Waals surface area contributed by atoms with Crippen LogP contribution in [0.25, 0.3) is 22.2 Å². The lowest BCUT2D eigenvalue weighted by molar-refractivity contribution is 0.233. The summed E-state index contributed by atoms with van der Waals surface area (Å²) in [6, 6.07) is 41.5. The monoisotopic (exact) mass is 540 g/mol. The second-order valence-electron chi connectivity index (χ2n) is 10.2. The van der Waals surface area contributed by atoms with E-state index in [-0.39, 0.29) is 12.8 Å². The Hall–Kier alpha value is -4.94. The van der Waals surface area contributed by atoms with E-state index in [1.807, 2.05) is 56.3 Å². The normalized spacial score (nSPS) is 11.6. The number of benzene rings is 4. The van der Waals surface area contributed by atoms with Crippen molar-refractivity contribution in [2.24, 2.45) is 0 Å². The molecule has 0 radical (unpaired) electrons. The predicted molar refractivity (Wildman–Crippen MR) is 164 cm³/mol. The Bertz CT molecular complexity index is 1650. The zero-order valence-corrected chi connectivity index (χ0v) is 23.1. The van der Waals surface area contributed by atoms with Crippen LogP contribution in [0.2, 0.25) is 0 Å². The van der Waals surface area contributed by atoms with Crippen LogP contribution in [0.3, 0.4) is 0 Å². The zero-order valence-electron chi connectivity index (χ0n) is 23.1. The standard InChI is InChI=1S/C35H32N4O2/c1-25(2)41-33-22-26(20-21-36-33)34-31-23-30(37-24-40)18-19-32(31)39(38-34)35(27-12-6-3-7-13-27,28-14-8-4-9-15-28)29-16-10-5-11-17-29/h3-23,25,37,40H,24H2,1-2H3. The Morgan fingerprint density at radius 1 is 0.780 bits per heavy atom. The fourth-order valence-electron chi connectivity index (χ4n) is 5.56. The molecule has 2 N–H and O–H groups in total. The fraction of sp³-hybridized carbons (Fsp3) is 0.143. The summed E-state index contributed by atoms with van der Waals surface area (Å²) in [6.45, 7) is 3.80. The van der Waals surface area contributed by atoms with Crippen LogP contribution in [0, 0.1) is 0 Å². The third-order valence-corrected chi connectivity index (χ3v) is 7.22. The van der Waals surface area contributed by atoms with Gasteiger partial charge in [-0.15, -0.1) is 0 Å². The van der Waals surface area contributed by atoms with Gasteiger partial charge in [0.05, 0.1) is 11.6 Å². The number of fused-ring (bicyclic) bond motifs is 1. The zero-order chi connectivity index (χ0) is 28.2. The average molecular weight is 541 g/mol. The van der Waals surface area contributed by atoms with E-state index < -0.39 is 5.54 Å². The van der Waals surface area contributed by atoms with E-state index in [4.69, 9.17) is 9.84 Å².